The molecular weight excluding hydrogens is 395 g/mol. The molecule has 2 N–H and O–H groups in total. The Morgan fingerprint density at radius 2 is 2.14 bits per heavy atom. The zero-order chi connectivity index (χ0) is 19.9. The number of nitrogens with zero attached hydrogens (tertiary/aromatic N) is 3. The number of alkyl halides is 3. The van der Waals surface area contributed by atoms with E-state index in [1.807, 2.05) is 21.8 Å². The second-order valence-electron chi connectivity index (χ2n) is 6.77. The van der Waals surface area contributed by atoms with Crippen LogP contribution in [0.1, 0.15) is 12.8 Å². The average Bonchev–Trinajstić information content (AvgIpc) is 3.16. The normalized spacial score (nSPS) is 18.8. The Hall–Kier alpha value is -2.40. The minimum absolute atomic E-state index is 0.155. The van der Waals surface area contributed by atoms with Crippen LogP contribution >= 0.6 is 0 Å². The van der Waals surface area contributed by atoms with Crippen LogP contribution in [0.15, 0.2) is 30.7 Å². The van der Waals surface area contributed by atoms with Crippen LogP contribution in [-0.2, 0) is 10.0 Å². The lowest BCUT2D eigenvalue weighted by molar-refractivity contribution is 0.0600. The van der Waals surface area contributed by atoms with Gasteiger partial charge in [0.25, 0.3) is 10.0 Å². The predicted molar refractivity (Wildman–Crippen MR) is 99.6 cm³/mol. The topological polar surface area (TPSA) is 91.0 Å². The van der Waals surface area contributed by atoms with Crippen LogP contribution < -0.4 is 9.62 Å². The number of fused-ring (bicyclic) bond motifs is 3. The third-order valence-electron chi connectivity index (χ3n) is 4.88. The molecule has 0 radical (unpaired) electrons. The van der Waals surface area contributed by atoms with Crippen molar-refractivity contribution in [2.75, 3.05) is 24.7 Å². The molecule has 150 valence electrons. The van der Waals surface area contributed by atoms with Crippen LogP contribution in [0.2, 0.25) is 0 Å². The molecule has 0 bridgehead atoms. The first-order chi connectivity index (χ1) is 13.3. The molecule has 0 amide bonds. The minimum atomic E-state index is -5.10. The summed E-state index contributed by atoms with van der Waals surface area (Å²) in [5.74, 6) is 0.630. The molecule has 3 aromatic rings. The van der Waals surface area contributed by atoms with E-state index in [0.29, 0.717) is 30.9 Å². The fourth-order valence-corrected chi connectivity index (χ4v) is 4.48. The van der Waals surface area contributed by atoms with E-state index in [4.69, 9.17) is 0 Å². The van der Waals surface area contributed by atoms with Crippen molar-refractivity contribution in [3.8, 4) is 0 Å². The highest BCUT2D eigenvalue weighted by atomic mass is 32.2. The number of aromatic nitrogens is 3. The zero-order valence-electron chi connectivity index (χ0n) is 14.7. The molecule has 28 heavy (non-hydrogen) atoms. The van der Waals surface area contributed by atoms with Gasteiger partial charge in [0.15, 0.2) is 6.67 Å². The zero-order valence-corrected chi connectivity index (χ0v) is 15.5. The monoisotopic (exact) mass is 413 g/mol. The highest BCUT2D eigenvalue weighted by Gasteiger charge is 2.46. The van der Waals surface area contributed by atoms with E-state index in [-0.39, 0.29) is 6.54 Å². The second-order valence-corrected chi connectivity index (χ2v) is 8.61. The van der Waals surface area contributed by atoms with Gasteiger partial charge in [0.2, 0.25) is 0 Å². The smallest absolute Gasteiger partial charge is 0.354 e. The van der Waals surface area contributed by atoms with Crippen molar-refractivity contribution in [3.63, 3.8) is 0 Å². The number of nitrogens with one attached hydrogen (secondary N) is 2. The number of anilines is 1. The first kappa shape index (κ1) is 18.9. The van der Waals surface area contributed by atoms with E-state index in [0.717, 1.165) is 16.2 Å². The van der Waals surface area contributed by atoms with Crippen LogP contribution in [-0.4, -0.2) is 54.4 Å². The van der Waals surface area contributed by atoms with E-state index in [9.17, 15) is 21.6 Å². The van der Waals surface area contributed by atoms with Gasteiger partial charge in [-0.2, -0.15) is 8.78 Å². The third-order valence-corrected chi connectivity index (χ3v) is 6.42. The summed E-state index contributed by atoms with van der Waals surface area (Å²) in [4.78, 5) is 13.7. The third kappa shape index (κ3) is 3.18. The van der Waals surface area contributed by atoms with Gasteiger partial charge in [0.1, 0.15) is 11.5 Å². The van der Waals surface area contributed by atoms with Gasteiger partial charge in [0, 0.05) is 53.9 Å². The molecule has 11 heteroatoms. The number of pyridine rings is 2. The summed E-state index contributed by atoms with van der Waals surface area (Å²) in [6.45, 7) is -1.51. The summed E-state index contributed by atoms with van der Waals surface area (Å²) in [5, 5.41) is -1.86. The molecule has 1 atom stereocenters. The molecule has 1 saturated heterocycles. The highest BCUT2D eigenvalue weighted by molar-refractivity contribution is 7.90. The van der Waals surface area contributed by atoms with Crippen LogP contribution in [0.5, 0.6) is 0 Å². The maximum absolute atomic E-state index is 13.4. The molecule has 3 aromatic heterocycles. The van der Waals surface area contributed by atoms with Crippen molar-refractivity contribution in [3.05, 3.63) is 30.7 Å². The molecule has 0 aromatic carbocycles. The lowest BCUT2D eigenvalue weighted by Gasteiger charge is -2.34. The van der Waals surface area contributed by atoms with Gasteiger partial charge in [-0.1, -0.05) is 0 Å². The lowest BCUT2D eigenvalue weighted by Crippen LogP contribution is -2.52. The van der Waals surface area contributed by atoms with Crippen molar-refractivity contribution in [2.45, 2.75) is 24.1 Å². The van der Waals surface area contributed by atoms with Crippen LogP contribution in [0.4, 0.5) is 19.0 Å². The fourth-order valence-electron chi connectivity index (χ4n) is 3.53. The SMILES string of the molecule is O=S(=O)(NC1CCCN(c2nccc3cnc4[nH]ccc4c23)C1)C(F)(F)CF. The highest BCUT2D eigenvalue weighted by Crippen LogP contribution is 2.32. The summed E-state index contributed by atoms with van der Waals surface area (Å²) >= 11 is 0. The Balaban J connectivity index is 1.67. The number of H-pyrrole nitrogens is 1. The molecule has 1 unspecified atom stereocenters. The van der Waals surface area contributed by atoms with Gasteiger partial charge in [0.05, 0.1) is 0 Å². The van der Waals surface area contributed by atoms with Crippen molar-refractivity contribution in [1.82, 2.24) is 19.7 Å². The molecule has 1 aliphatic heterocycles. The van der Waals surface area contributed by atoms with Crippen molar-refractivity contribution in [1.29, 1.82) is 0 Å². The van der Waals surface area contributed by atoms with E-state index >= 15 is 0 Å². The first-order valence-corrected chi connectivity index (χ1v) is 10.2. The standard InChI is InChI=1S/C17H18F3N5O2S/c18-10-17(19,20)28(26,27)24-12-2-1-7-25(9-12)16-14-11(3-5-22-16)8-23-15-13(14)4-6-21-15/h3-6,8,12,24H,1-2,7,9-10H2,(H,21,23). The molecule has 4 rings (SSSR count). The van der Waals surface area contributed by atoms with E-state index in [2.05, 4.69) is 15.0 Å². The first-order valence-electron chi connectivity index (χ1n) is 8.74. The number of piperidine rings is 1. The summed E-state index contributed by atoms with van der Waals surface area (Å²) < 4.78 is 64.8. The summed E-state index contributed by atoms with van der Waals surface area (Å²) in [5.41, 5.74) is 0.693. The summed E-state index contributed by atoms with van der Waals surface area (Å²) in [6.07, 6.45) is 6.06. The van der Waals surface area contributed by atoms with E-state index in [1.165, 1.54) is 0 Å². The fraction of sp³-hybridized carbons (Fsp3) is 0.412. The Kier molecular flexibility index (Phi) is 4.66. The molecule has 0 aliphatic carbocycles. The Labute approximate surface area is 159 Å². The van der Waals surface area contributed by atoms with Gasteiger partial charge in [-0.25, -0.2) is 27.5 Å². The minimum Gasteiger partial charge on any atom is -0.354 e. The van der Waals surface area contributed by atoms with E-state index < -0.39 is 28.0 Å². The molecule has 0 spiro atoms. The Morgan fingerprint density at radius 3 is 2.93 bits per heavy atom. The number of rotatable bonds is 5. The molecule has 1 aliphatic rings. The van der Waals surface area contributed by atoms with Crippen LogP contribution in [0.3, 0.4) is 0 Å². The number of aromatic amines is 1. The number of sulfonamides is 1. The number of halogens is 3. The maximum Gasteiger partial charge on any atom is 0.386 e. The quantitative estimate of drug-likeness (QED) is 0.671. The Bertz CT molecular complexity index is 1120. The average molecular weight is 413 g/mol. The van der Waals surface area contributed by atoms with E-state index in [1.54, 1.807) is 18.6 Å². The van der Waals surface area contributed by atoms with Gasteiger partial charge < -0.3 is 9.88 Å². The van der Waals surface area contributed by atoms with Gasteiger partial charge >= 0.3 is 5.25 Å². The van der Waals surface area contributed by atoms with Crippen molar-refractivity contribution >= 4 is 37.6 Å². The molecule has 4 heterocycles. The van der Waals surface area contributed by atoms with Crippen LogP contribution in [0, 0.1) is 0 Å². The summed E-state index contributed by atoms with van der Waals surface area (Å²) in [7, 11) is -5.10. The van der Waals surface area contributed by atoms with Crippen molar-refractivity contribution < 1.29 is 21.6 Å². The van der Waals surface area contributed by atoms with Gasteiger partial charge in [-0.3, -0.25) is 0 Å². The molecule has 1 fully saturated rings. The van der Waals surface area contributed by atoms with Crippen LogP contribution in [0.25, 0.3) is 21.8 Å². The van der Waals surface area contributed by atoms with Gasteiger partial charge in [-0.05, 0) is 25.0 Å². The predicted octanol–water partition coefficient (Wildman–Crippen LogP) is 2.56. The maximum atomic E-state index is 13.4. The largest absolute Gasteiger partial charge is 0.386 e. The Morgan fingerprint density at radius 1 is 1.32 bits per heavy atom. The summed E-state index contributed by atoms with van der Waals surface area (Å²) in [6, 6.07) is 2.93. The molecular formula is C17H18F3N5O2S. The number of hydrogen-bond acceptors (Lipinski definition) is 5. The molecule has 7 nitrogen and oxygen atoms in total. The number of hydrogen-bond donors (Lipinski definition) is 2. The molecule has 0 saturated carbocycles. The second kappa shape index (κ2) is 6.89. The lowest BCUT2D eigenvalue weighted by atomic mass is 10.1. The van der Waals surface area contributed by atoms with Crippen molar-refractivity contribution in [2.24, 2.45) is 0 Å². The van der Waals surface area contributed by atoms with Gasteiger partial charge in [-0.15, -0.1) is 0 Å².